The molecule has 1 N–H and O–H groups in total. The van der Waals surface area contributed by atoms with Gasteiger partial charge in [-0.25, -0.2) is 0 Å². The summed E-state index contributed by atoms with van der Waals surface area (Å²) in [5.41, 5.74) is 0. The summed E-state index contributed by atoms with van der Waals surface area (Å²) in [4.78, 5) is 15.8. The summed E-state index contributed by atoms with van der Waals surface area (Å²) < 4.78 is 1.10. The third-order valence-corrected chi connectivity index (χ3v) is 5.52. The number of thiophene rings is 1. The van der Waals surface area contributed by atoms with Gasteiger partial charge in [0.1, 0.15) is 0 Å². The highest BCUT2D eigenvalue weighted by molar-refractivity contribution is 9.11. The van der Waals surface area contributed by atoms with Crippen molar-refractivity contribution in [2.75, 3.05) is 13.1 Å². The van der Waals surface area contributed by atoms with E-state index in [0.717, 1.165) is 34.6 Å². The average Bonchev–Trinajstić information content (AvgIpc) is 2.81. The summed E-state index contributed by atoms with van der Waals surface area (Å²) in [5.74, 6) is 0.306. The molecular formula is C13H18BrClN2OS. The van der Waals surface area contributed by atoms with Crippen LogP contribution in [0.25, 0.3) is 0 Å². The van der Waals surface area contributed by atoms with Crippen LogP contribution in [0.5, 0.6) is 0 Å². The summed E-state index contributed by atoms with van der Waals surface area (Å²) in [6.45, 7) is 2.02. The van der Waals surface area contributed by atoms with Gasteiger partial charge in [0.2, 0.25) is 5.91 Å². The van der Waals surface area contributed by atoms with E-state index in [2.05, 4.69) is 26.1 Å². The van der Waals surface area contributed by atoms with Crippen molar-refractivity contribution < 1.29 is 4.79 Å². The fourth-order valence-corrected chi connectivity index (χ4v) is 4.55. The van der Waals surface area contributed by atoms with Gasteiger partial charge in [-0.2, -0.15) is 0 Å². The highest BCUT2D eigenvalue weighted by Gasteiger charge is 2.37. The second kappa shape index (κ2) is 6.57. The topological polar surface area (TPSA) is 32.3 Å². The van der Waals surface area contributed by atoms with Crippen LogP contribution in [0.3, 0.4) is 0 Å². The molecule has 3 heterocycles. The Morgan fingerprint density at radius 1 is 1.37 bits per heavy atom. The van der Waals surface area contributed by atoms with Gasteiger partial charge in [0.25, 0.3) is 0 Å². The number of amides is 1. The molecule has 1 aromatic rings. The molecule has 106 valence electrons. The van der Waals surface area contributed by atoms with E-state index in [1.165, 1.54) is 6.42 Å². The zero-order valence-corrected chi connectivity index (χ0v) is 13.8. The standard InChI is InChI=1S/C13H17BrN2OS.ClH/c14-12-4-3-11(18-12)7-13(17)16-9-1-2-10(16)8-15-6-5-9;/h3-4,9-10,15H,1-2,5-8H2;1H. The van der Waals surface area contributed by atoms with Gasteiger partial charge in [0.05, 0.1) is 10.2 Å². The maximum atomic E-state index is 12.5. The van der Waals surface area contributed by atoms with Crippen LogP contribution in [0.4, 0.5) is 0 Å². The SMILES string of the molecule is Cl.O=C(Cc1ccc(Br)s1)N1C2CCNCC1CC2. The monoisotopic (exact) mass is 364 g/mol. The molecule has 2 atom stereocenters. The molecule has 2 aliphatic rings. The smallest absolute Gasteiger partial charge is 0.228 e. The molecule has 1 aromatic heterocycles. The number of carbonyl (C=O) groups is 1. The van der Waals surface area contributed by atoms with Crippen molar-refractivity contribution in [3.63, 3.8) is 0 Å². The van der Waals surface area contributed by atoms with Crippen molar-refractivity contribution in [3.05, 3.63) is 20.8 Å². The number of halogens is 2. The number of carbonyl (C=O) groups excluding carboxylic acids is 1. The Bertz CT molecular complexity index is 440. The minimum Gasteiger partial charge on any atom is -0.335 e. The summed E-state index contributed by atoms with van der Waals surface area (Å²) in [6.07, 6.45) is 4.02. The largest absolute Gasteiger partial charge is 0.335 e. The van der Waals surface area contributed by atoms with E-state index in [1.807, 2.05) is 12.1 Å². The Labute approximate surface area is 132 Å². The van der Waals surface area contributed by atoms with E-state index in [0.29, 0.717) is 24.4 Å². The molecule has 1 amide bonds. The lowest BCUT2D eigenvalue weighted by Gasteiger charge is -2.27. The van der Waals surface area contributed by atoms with Crippen LogP contribution < -0.4 is 5.32 Å². The van der Waals surface area contributed by atoms with Gasteiger partial charge >= 0.3 is 0 Å². The zero-order valence-electron chi connectivity index (χ0n) is 10.6. The van der Waals surface area contributed by atoms with E-state index in [-0.39, 0.29) is 12.4 Å². The molecule has 6 heteroatoms. The highest BCUT2D eigenvalue weighted by Crippen LogP contribution is 2.30. The number of fused-ring (bicyclic) bond motifs is 2. The normalized spacial score (nSPS) is 25.8. The van der Waals surface area contributed by atoms with Gasteiger partial charge in [-0.3, -0.25) is 4.79 Å². The van der Waals surface area contributed by atoms with E-state index >= 15 is 0 Å². The molecule has 0 aliphatic carbocycles. The summed E-state index contributed by atoms with van der Waals surface area (Å²) in [6, 6.07) is 4.96. The van der Waals surface area contributed by atoms with E-state index < -0.39 is 0 Å². The molecule has 2 unspecified atom stereocenters. The minimum absolute atomic E-state index is 0. The summed E-state index contributed by atoms with van der Waals surface area (Å²) in [5, 5.41) is 3.43. The predicted molar refractivity (Wildman–Crippen MR) is 84.1 cm³/mol. The van der Waals surface area contributed by atoms with Gasteiger partial charge in [-0.15, -0.1) is 23.7 Å². The van der Waals surface area contributed by atoms with Crippen molar-refractivity contribution in [3.8, 4) is 0 Å². The quantitative estimate of drug-likeness (QED) is 0.874. The molecule has 2 bridgehead atoms. The maximum absolute atomic E-state index is 12.5. The fourth-order valence-electron chi connectivity index (χ4n) is 3.08. The molecule has 2 aliphatic heterocycles. The first kappa shape index (κ1) is 15.3. The number of nitrogens with one attached hydrogen (secondary N) is 1. The molecule has 0 spiro atoms. The first-order chi connectivity index (χ1) is 8.74. The van der Waals surface area contributed by atoms with Gasteiger partial charge in [0, 0.05) is 23.5 Å². The lowest BCUT2D eigenvalue weighted by Crippen LogP contribution is -2.43. The third kappa shape index (κ3) is 3.32. The predicted octanol–water partition coefficient (Wildman–Crippen LogP) is 2.83. The molecule has 19 heavy (non-hydrogen) atoms. The van der Waals surface area contributed by atoms with Crippen molar-refractivity contribution in [1.82, 2.24) is 10.2 Å². The van der Waals surface area contributed by atoms with Crippen LogP contribution in [0, 0.1) is 0 Å². The Balaban J connectivity index is 0.00000133. The lowest BCUT2D eigenvalue weighted by molar-refractivity contribution is -0.132. The number of hydrogen-bond donors (Lipinski definition) is 1. The molecule has 0 aromatic carbocycles. The van der Waals surface area contributed by atoms with Crippen LogP contribution in [-0.2, 0) is 11.2 Å². The summed E-state index contributed by atoms with van der Waals surface area (Å²) >= 11 is 5.11. The molecule has 0 saturated carbocycles. The van der Waals surface area contributed by atoms with Crippen LogP contribution >= 0.6 is 39.7 Å². The Morgan fingerprint density at radius 3 is 2.89 bits per heavy atom. The number of hydrogen-bond acceptors (Lipinski definition) is 3. The third-order valence-electron chi connectivity index (χ3n) is 3.90. The molecule has 3 nitrogen and oxygen atoms in total. The van der Waals surface area contributed by atoms with Crippen LogP contribution in [-0.4, -0.2) is 36.0 Å². The second-order valence-corrected chi connectivity index (χ2v) is 7.61. The Kier molecular flexibility index (Phi) is 5.29. The van der Waals surface area contributed by atoms with Gasteiger partial charge in [-0.1, -0.05) is 0 Å². The van der Waals surface area contributed by atoms with Crippen molar-refractivity contribution >= 4 is 45.6 Å². The van der Waals surface area contributed by atoms with E-state index in [4.69, 9.17) is 0 Å². The Hall–Kier alpha value is -0.100. The second-order valence-electron chi connectivity index (χ2n) is 5.06. The first-order valence-electron chi connectivity index (χ1n) is 6.50. The fraction of sp³-hybridized carbons (Fsp3) is 0.615. The molecule has 3 rings (SSSR count). The van der Waals surface area contributed by atoms with Crippen LogP contribution in [0.15, 0.2) is 15.9 Å². The molecular weight excluding hydrogens is 348 g/mol. The zero-order chi connectivity index (χ0) is 12.5. The molecule has 2 saturated heterocycles. The van der Waals surface area contributed by atoms with Gasteiger partial charge in [-0.05, 0) is 53.9 Å². The van der Waals surface area contributed by atoms with Crippen molar-refractivity contribution in [2.45, 2.75) is 37.8 Å². The first-order valence-corrected chi connectivity index (χ1v) is 8.11. The highest BCUT2D eigenvalue weighted by atomic mass is 79.9. The number of rotatable bonds is 2. The van der Waals surface area contributed by atoms with Crippen LogP contribution in [0.2, 0.25) is 0 Å². The summed E-state index contributed by atoms with van der Waals surface area (Å²) in [7, 11) is 0. The lowest BCUT2D eigenvalue weighted by atomic mass is 10.1. The van der Waals surface area contributed by atoms with Crippen LogP contribution in [0.1, 0.15) is 24.1 Å². The van der Waals surface area contributed by atoms with Gasteiger partial charge < -0.3 is 10.2 Å². The Morgan fingerprint density at radius 2 is 2.16 bits per heavy atom. The van der Waals surface area contributed by atoms with E-state index in [9.17, 15) is 4.79 Å². The van der Waals surface area contributed by atoms with E-state index in [1.54, 1.807) is 11.3 Å². The van der Waals surface area contributed by atoms with Gasteiger partial charge in [0.15, 0.2) is 0 Å². The van der Waals surface area contributed by atoms with Crippen molar-refractivity contribution in [1.29, 1.82) is 0 Å². The molecule has 0 radical (unpaired) electrons. The van der Waals surface area contributed by atoms with Crippen molar-refractivity contribution in [2.24, 2.45) is 0 Å². The average molecular weight is 366 g/mol. The molecule has 2 fully saturated rings. The number of nitrogens with zero attached hydrogens (tertiary/aromatic N) is 1. The maximum Gasteiger partial charge on any atom is 0.228 e. The minimum atomic E-state index is 0.